The quantitative estimate of drug-likeness (QED) is 0.314. The highest BCUT2D eigenvalue weighted by molar-refractivity contribution is 14.2. The smallest absolute Gasteiger partial charge is 0.0273 e. The molecule has 0 saturated heterocycles. The first-order valence-electron chi connectivity index (χ1n) is 4.11. The first kappa shape index (κ1) is 11.3. The maximum Gasteiger partial charge on any atom is 0.0273 e. The fourth-order valence-corrected chi connectivity index (χ4v) is 2.93. The number of rotatable bonds is 5. The number of hydrogen-bond acceptors (Lipinski definition) is 1. The van der Waals surface area contributed by atoms with Gasteiger partial charge in [-0.25, -0.2) is 0 Å². The van der Waals surface area contributed by atoms with E-state index in [1.807, 2.05) is 13.3 Å². The molecule has 0 bridgehead atoms. The molecule has 2 heteroatoms. The summed E-state index contributed by atoms with van der Waals surface area (Å²) in [6, 6.07) is 0. The van der Waals surface area contributed by atoms with Crippen LogP contribution in [0.1, 0.15) is 33.1 Å². The van der Waals surface area contributed by atoms with Crippen molar-refractivity contribution in [2.24, 2.45) is 4.99 Å². The summed E-state index contributed by atoms with van der Waals surface area (Å²) in [5.74, 6) is 0. The minimum absolute atomic E-state index is 0.373. The van der Waals surface area contributed by atoms with Gasteiger partial charge in [-0.15, -0.1) is 20.7 Å². The molecular formula is C9H18IN. The van der Waals surface area contributed by atoms with Crippen molar-refractivity contribution in [3.8, 4) is 0 Å². The van der Waals surface area contributed by atoms with E-state index in [9.17, 15) is 0 Å². The Morgan fingerprint density at radius 3 is 2.82 bits per heavy atom. The number of unbranched alkanes of at least 4 members (excludes halogenated alkanes) is 1. The Kier molecular flexibility index (Phi) is 8.57. The van der Waals surface area contributed by atoms with E-state index in [1.54, 1.807) is 0 Å². The van der Waals surface area contributed by atoms with Gasteiger partial charge in [-0.1, -0.05) is 10.9 Å². The fraction of sp³-hybridized carbons (Fsp3) is 0.778. The summed E-state index contributed by atoms with van der Waals surface area (Å²) in [6.07, 6.45) is 5.87. The third kappa shape index (κ3) is 8.17. The summed E-state index contributed by atoms with van der Waals surface area (Å²) in [5.41, 5.74) is 0. The van der Waals surface area contributed by atoms with Gasteiger partial charge in [0.25, 0.3) is 0 Å². The average Bonchev–Trinajstić information content (AvgIpc) is 1.99. The van der Waals surface area contributed by atoms with E-state index < -0.39 is 0 Å². The standard InChI is InChI=1S/C9H18IN/c1-4-10-9(2)7-5-6-8-11-3/h4,8-9H,5-7H2,1-3H3. The van der Waals surface area contributed by atoms with E-state index in [4.69, 9.17) is 0 Å². The second-order valence-corrected chi connectivity index (χ2v) is 6.59. The molecule has 0 aliphatic carbocycles. The molecule has 66 valence electrons. The van der Waals surface area contributed by atoms with E-state index in [0.717, 1.165) is 10.3 Å². The molecule has 0 aromatic heterocycles. The lowest BCUT2D eigenvalue weighted by Gasteiger charge is -2.01. The van der Waals surface area contributed by atoms with E-state index in [0.29, 0.717) is 20.7 Å². The highest BCUT2D eigenvalue weighted by Gasteiger charge is 1.94. The Labute approximate surface area is 80.0 Å². The number of alkyl halides is 1. The van der Waals surface area contributed by atoms with Gasteiger partial charge in [-0.2, -0.15) is 0 Å². The molecule has 0 heterocycles. The van der Waals surface area contributed by atoms with Crippen molar-refractivity contribution in [1.29, 1.82) is 0 Å². The van der Waals surface area contributed by atoms with Gasteiger partial charge in [0.05, 0.1) is 0 Å². The third-order valence-corrected chi connectivity index (χ3v) is 4.03. The Hall–Kier alpha value is 0.270. The number of aliphatic imine (C=N–C) groups is 1. The summed E-state index contributed by atoms with van der Waals surface area (Å²) in [4.78, 5) is 3.95. The topological polar surface area (TPSA) is 12.4 Å². The van der Waals surface area contributed by atoms with Crippen LogP contribution in [-0.4, -0.2) is 21.2 Å². The molecule has 0 aliphatic heterocycles. The van der Waals surface area contributed by atoms with Crippen LogP contribution in [0.4, 0.5) is 0 Å². The van der Waals surface area contributed by atoms with Gasteiger partial charge < -0.3 is 4.99 Å². The highest BCUT2D eigenvalue weighted by Crippen LogP contribution is 2.13. The van der Waals surface area contributed by atoms with Crippen LogP contribution < -0.4 is 0 Å². The molecule has 0 N–H and O–H groups in total. The van der Waals surface area contributed by atoms with Gasteiger partial charge in [-0.3, -0.25) is 0 Å². The van der Waals surface area contributed by atoms with Crippen molar-refractivity contribution in [3.05, 3.63) is 0 Å². The van der Waals surface area contributed by atoms with Crippen LogP contribution in [0.5, 0.6) is 0 Å². The van der Waals surface area contributed by atoms with Crippen LogP contribution >= 0.6 is 20.7 Å². The fourth-order valence-electron chi connectivity index (χ4n) is 0.898. The van der Waals surface area contributed by atoms with E-state index in [1.165, 1.54) is 12.8 Å². The summed E-state index contributed by atoms with van der Waals surface area (Å²) in [7, 11) is 1.84. The van der Waals surface area contributed by atoms with Crippen molar-refractivity contribution in [1.82, 2.24) is 0 Å². The van der Waals surface area contributed by atoms with Crippen molar-refractivity contribution in [2.75, 3.05) is 7.05 Å². The molecule has 0 rings (SSSR count). The van der Waals surface area contributed by atoms with Crippen molar-refractivity contribution < 1.29 is 0 Å². The summed E-state index contributed by atoms with van der Waals surface area (Å²) in [6.45, 7) is 4.54. The van der Waals surface area contributed by atoms with Crippen LogP contribution in [0.3, 0.4) is 0 Å². The van der Waals surface area contributed by atoms with Crippen LogP contribution in [0.25, 0.3) is 0 Å². The van der Waals surface area contributed by atoms with Gasteiger partial charge in [0, 0.05) is 11.0 Å². The van der Waals surface area contributed by atoms with Crippen molar-refractivity contribution in [2.45, 2.75) is 37.0 Å². The molecule has 0 amide bonds. The number of hydrogen-bond donors (Lipinski definition) is 0. The zero-order valence-electron chi connectivity index (χ0n) is 7.68. The second-order valence-electron chi connectivity index (χ2n) is 2.50. The van der Waals surface area contributed by atoms with Gasteiger partial charge in [0.1, 0.15) is 0 Å². The Bertz CT molecular complexity index is 130. The normalized spacial score (nSPS) is 15.5. The molecule has 0 aliphatic rings. The van der Waals surface area contributed by atoms with E-state index >= 15 is 0 Å². The zero-order chi connectivity index (χ0) is 8.53. The minimum Gasteiger partial charge on any atom is -0.301 e. The molecule has 0 saturated carbocycles. The SMILES string of the molecule is CC=IC(C)CCCC=NC. The Morgan fingerprint density at radius 1 is 1.55 bits per heavy atom. The first-order valence-corrected chi connectivity index (χ1v) is 6.60. The van der Waals surface area contributed by atoms with Crippen LogP contribution in [0.2, 0.25) is 0 Å². The van der Waals surface area contributed by atoms with Crippen molar-refractivity contribution >= 4 is 31.0 Å². The third-order valence-electron chi connectivity index (χ3n) is 1.46. The Morgan fingerprint density at radius 2 is 2.27 bits per heavy atom. The first-order chi connectivity index (χ1) is 5.31. The molecule has 0 aromatic carbocycles. The molecule has 0 radical (unpaired) electrons. The van der Waals surface area contributed by atoms with Gasteiger partial charge in [0.15, 0.2) is 0 Å². The molecule has 0 spiro atoms. The van der Waals surface area contributed by atoms with Crippen molar-refractivity contribution in [3.63, 3.8) is 0 Å². The Balaban J connectivity index is 3.23. The van der Waals surface area contributed by atoms with Gasteiger partial charge >= 0.3 is 0 Å². The predicted molar refractivity (Wildman–Crippen MR) is 63.5 cm³/mol. The highest BCUT2D eigenvalue weighted by atomic mass is 127. The maximum absolute atomic E-state index is 3.95. The lowest BCUT2D eigenvalue weighted by atomic mass is 10.2. The number of halogens is 1. The lowest BCUT2D eigenvalue weighted by Crippen LogP contribution is -1.91. The lowest BCUT2D eigenvalue weighted by molar-refractivity contribution is 0.777. The summed E-state index contributed by atoms with van der Waals surface area (Å²) >= 11 is 0.373. The average molecular weight is 267 g/mol. The van der Waals surface area contributed by atoms with Crippen LogP contribution in [0.15, 0.2) is 4.99 Å². The molecule has 1 unspecified atom stereocenters. The van der Waals surface area contributed by atoms with Crippen LogP contribution in [0, 0.1) is 0 Å². The summed E-state index contributed by atoms with van der Waals surface area (Å²) in [5, 5.41) is 0. The van der Waals surface area contributed by atoms with E-state index in [-0.39, 0.29) is 0 Å². The molecule has 11 heavy (non-hydrogen) atoms. The molecular weight excluding hydrogens is 249 g/mol. The molecule has 1 nitrogen and oxygen atoms in total. The van der Waals surface area contributed by atoms with Crippen LogP contribution in [-0.2, 0) is 0 Å². The van der Waals surface area contributed by atoms with E-state index in [2.05, 4.69) is 22.9 Å². The monoisotopic (exact) mass is 267 g/mol. The number of nitrogens with zero attached hydrogens (tertiary/aromatic N) is 1. The molecule has 0 fully saturated rings. The zero-order valence-corrected chi connectivity index (χ0v) is 9.84. The molecule has 1 atom stereocenters. The predicted octanol–water partition coefficient (Wildman–Crippen LogP) is 3.04. The van der Waals surface area contributed by atoms with Gasteiger partial charge in [-0.05, 0) is 32.4 Å². The summed E-state index contributed by atoms with van der Waals surface area (Å²) < 4.78 is 3.32. The largest absolute Gasteiger partial charge is 0.301 e. The van der Waals surface area contributed by atoms with Gasteiger partial charge in [0.2, 0.25) is 0 Å². The maximum atomic E-state index is 3.95. The second kappa shape index (κ2) is 8.37. The minimum atomic E-state index is 0.373. The molecule has 0 aromatic rings.